The fraction of sp³-hybridized carbons (Fsp3) is 0.200. The Kier molecular flexibility index (Phi) is 4.99. The molecule has 0 rings (SSSR count). The molecule has 4 nitrogen and oxygen atoms in total. The molecule has 76 valence electrons. The summed E-state index contributed by atoms with van der Waals surface area (Å²) in [4.78, 5) is 22.1. The van der Waals surface area contributed by atoms with Gasteiger partial charge in [-0.05, 0) is 13.0 Å². The maximum absolute atomic E-state index is 11.0. The van der Waals surface area contributed by atoms with Gasteiger partial charge in [0.25, 0.3) is 0 Å². The molecule has 0 aromatic heterocycles. The Labute approximate surface area is 82.5 Å². The van der Waals surface area contributed by atoms with Crippen LogP contribution in [0.1, 0.15) is 6.92 Å². The average molecular weight is 196 g/mol. The third kappa shape index (κ3) is 3.71. The zero-order valence-electron chi connectivity index (χ0n) is 8.20. The highest BCUT2D eigenvalue weighted by Gasteiger charge is 2.15. The number of hydrogen-bond donors (Lipinski definition) is 0. The number of methoxy groups -OCH3 is 1. The van der Waals surface area contributed by atoms with E-state index in [0.29, 0.717) is 0 Å². The second kappa shape index (κ2) is 5.75. The zero-order valence-corrected chi connectivity index (χ0v) is 8.20. The summed E-state index contributed by atoms with van der Waals surface area (Å²) >= 11 is 0. The van der Waals surface area contributed by atoms with Gasteiger partial charge in [0.15, 0.2) is 0 Å². The summed E-state index contributed by atoms with van der Waals surface area (Å²) in [6.45, 7) is 8.22. The van der Waals surface area contributed by atoms with E-state index in [1.54, 1.807) is 0 Å². The van der Waals surface area contributed by atoms with Crippen molar-refractivity contribution in [1.82, 2.24) is 0 Å². The largest absolute Gasteiger partial charge is 0.463 e. The van der Waals surface area contributed by atoms with Crippen molar-refractivity contribution in [2.45, 2.75) is 6.92 Å². The smallest absolute Gasteiger partial charge is 0.374 e. The van der Waals surface area contributed by atoms with Crippen LogP contribution < -0.4 is 0 Å². The van der Waals surface area contributed by atoms with Crippen LogP contribution in [0.15, 0.2) is 36.6 Å². The molecule has 0 fully saturated rings. The predicted molar refractivity (Wildman–Crippen MR) is 51.2 cm³/mol. The first-order valence-corrected chi connectivity index (χ1v) is 3.81. The normalized spacial score (nSPS) is 10.3. The molecule has 0 spiro atoms. The molecule has 0 radical (unpaired) electrons. The maximum atomic E-state index is 11.0. The van der Waals surface area contributed by atoms with Crippen LogP contribution in [0.5, 0.6) is 0 Å². The summed E-state index contributed by atoms with van der Waals surface area (Å²) in [6, 6.07) is 0. The number of ether oxygens (including phenoxy) is 2. The lowest BCUT2D eigenvalue weighted by atomic mass is 10.3. The second-order valence-corrected chi connectivity index (χ2v) is 2.43. The lowest BCUT2D eigenvalue weighted by molar-refractivity contribution is -0.147. The number of hydrogen-bond acceptors (Lipinski definition) is 4. The second-order valence-electron chi connectivity index (χ2n) is 2.43. The Morgan fingerprint density at radius 1 is 1.29 bits per heavy atom. The minimum atomic E-state index is -0.737. The van der Waals surface area contributed by atoms with Crippen LogP contribution in [0.2, 0.25) is 0 Å². The monoisotopic (exact) mass is 196 g/mol. The fourth-order valence-corrected chi connectivity index (χ4v) is 0.538. The van der Waals surface area contributed by atoms with Gasteiger partial charge in [-0.25, -0.2) is 9.59 Å². The van der Waals surface area contributed by atoms with Crippen LogP contribution in [0.25, 0.3) is 0 Å². The van der Waals surface area contributed by atoms with Crippen molar-refractivity contribution in [3.05, 3.63) is 36.6 Å². The van der Waals surface area contributed by atoms with E-state index in [4.69, 9.17) is 0 Å². The number of carbonyl (C=O) groups excluding carboxylic acids is 2. The molecule has 14 heavy (non-hydrogen) atoms. The van der Waals surface area contributed by atoms with Gasteiger partial charge in [-0.3, -0.25) is 0 Å². The predicted octanol–water partition coefficient (Wildman–Crippen LogP) is 1.35. The summed E-state index contributed by atoms with van der Waals surface area (Å²) in [5.41, 5.74) is 0.198. The van der Waals surface area contributed by atoms with E-state index in [1.165, 1.54) is 26.2 Å². The highest BCUT2D eigenvalue weighted by atomic mass is 16.6. The molecule has 0 saturated heterocycles. The Morgan fingerprint density at radius 3 is 2.21 bits per heavy atom. The molecule has 0 bridgehead atoms. The molecule has 0 aliphatic heterocycles. The lowest BCUT2D eigenvalue weighted by Gasteiger charge is -2.05. The summed E-state index contributed by atoms with van der Waals surface area (Å²) in [6.07, 6.45) is 2.56. The molecule has 0 amide bonds. The molecule has 0 unspecified atom stereocenters. The molecule has 0 N–H and O–H groups in total. The van der Waals surface area contributed by atoms with Gasteiger partial charge in [-0.2, -0.15) is 0 Å². The van der Waals surface area contributed by atoms with Gasteiger partial charge in [0, 0.05) is 5.57 Å². The van der Waals surface area contributed by atoms with E-state index in [2.05, 4.69) is 22.6 Å². The molecular formula is C10H12O4. The molecule has 0 aromatic rings. The average Bonchev–Trinajstić information content (AvgIpc) is 2.15. The third-order valence-electron chi connectivity index (χ3n) is 1.21. The van der Waals surface area contributed by atoms with Crippen LogP contribution in [-0.2, 0) is 19.1 Å². The minimum Gasteiger partial charge on any atom is -0.463 e. The maximum Gasteiger partial charge on any atom is 0.374 e. The lowest BCUT2D eigenvalue weighted by Crippen LogP contribution is -2.13. The van der Waals surface area contributed by atoms with E-state index < -0.39 is 11.9 Å². The molecule has 0 aliphatic rings. The third-order valence-corrected chi connectivity index (χ3v) is 1.21. The highest BCUT2D eigenvalue weighted by molar-refractivity contribution is 5.94. The van der Waals surface area contributed by atoms with Crippen LogP contribution in [0.3, 0.4) is 0 Å². The first kappa shape index (κ1) is 12.2. The number of esters is 2. The number of carbonyl (C=O) groups is 2. The quantitative estimate of drug-likeness (QED) is 0.295. The van der Waals surface area contributed by atoms with Crippen molar-refractivity contribution in [1.29, 1.82) is 0 Å². The van der Waals surface area contributed by atoms with Crippen molar-refractivity contribution in [3.8, 4) is 0 Å². The van der Waals surface area contributed by atoms with Gasteiger partial charge in [-0.1, -0.05) is 19.2 Å². The SMILES string of the molecule is C=C/C=C(/OC(=O)C(=C)C)C(=O)OC. The molecular weight excluding hydrogens is 184 g/mol. The molecule has 0 heterocycles. The van der Waals surface area contributed by atoms with E-state index in [1.807, 2.05) is 0 Å². The summed E-state index contributed by atoms with van der Waals surface area (Å²) in [5, 5.41) is 0. The van der Waals surface area contributed by atoms with Crippen LogP contribution in [0.4, 0.5) is 0 Å². The van der Waals surface area contributed by atoms with Crippen LogP contribution >= 0.6 is 0 Å². The summed E-state index contributed by atoms with van der Waals surface area (Å²) in [7, 11) is 1.19. The van der Waals surface area contributed by atoms with Crippen molar-refractivity contribution >= 4 is 11.9 Å². The van der Waals surface area contributed by atoms with Crippen molar-refractivity contribution in [2.24, 2.45) is 0 Å². The molecule has 0 aromatic carbocycles. The first-order chi connectivity index (χ1) is 6.52. The van der Waals surface area contributed by atoms with E-state index in [0.717, 1.165) is 0 Å². The number of allylic oxidation sites excluding steroid dienone is 2. The topological polar surface area (TPSA) is 52.6 Å². The zero-order chi connectivity index (χ0) is 11.1. The Hall–Kier alpha value is -1.84. The minimum absolute atomic E-state index is 0.198. The van der Waals surface area contributed by atoms with Crippen molar-refractivity contribution < 1.29 is 19.1 Å². The summed E-state index contributed by atoms with van der Waals surface area (Å²) < 4.78 is 9.07. The Bertz CT molecular complexity index is 299. The molecule has 4 heteroatoms. The fourth-order valence-electron chi connectivity index (χ4n) is 0.538. The Balaban J connectivity index is 4.63. The van der Waals surface area contributed by atoms with Gasteiger partial charge < -0.3 is 9.47 Å². The van der Waals surface area contributed by atoms with Crippen LogP contribution in [-0.4, -0.2) is 19.0 Å². The van der Waals surface area contributed by atoms with E-state index in [9.17, 15) is 9.59 Å². The Morgan fingerprint density at radius 2 is 1.86 bits per heavy atom. The number of rotatable bonds is 4. The molecule has 0 atom stereocenters. The van der Waals surface area contributed by atoms with Crippen molar-refractivity contribution in [2.75, 3.05) is 7.11 Å². The van der Waals surface area contributed by atoms with Gasteiger partial charge in [-0.15, -0.1) is 0 Å². The van der Waals surface area contributed by atoms with E-state index >= 15 is 0 Å². The molecule has 0 aliphatic carbocycles. The van der Waals surface area contributed by atoms with Crippen LogP contribution in [0, 0.1) is 0 Å². The van der Waals surface area contributed by atoms with Gasteiger partial charge in [0.1, 0.15) is 0 Å². The van der Waals surface area contributed by atoms with Gasteiger partial charge in [0.2, 0.25) is 5.76 Å². The van der Waals surface area contributed by atoms with Gasteiger partial charge in [0.05, 0.1) is 7.11 Å². The molecule has 0 saturated carbocycles. The van der Waals surface area contributed by atoms with Crippen molar-refractivity contribution in [3.63, 3.8) is 0 Å². The highest BCUT2D eigenvalue weighted by Crippen LogP contribution is 2.04. The van der Waals surface area contributed by atoms with E-state index in [-0.39, 0.29) is 11.3 Å². The van der Waals surface area contributed by atoms with Gasteiger partial charge >= 0.3 is 11.9 Å². The summed E-state index contributed by atoms with van der Waals surface area (Å²) in [5.74, 6) is -1.63. The standard InChI is InChI=1S/C10H12O4/c1-5-6-8(10(12)13-4)14-9(11)7(2)3/h5-6H,1-2H2,3-4H3/b8-6+. The first-order valence-electron chi connectivity index (χ1n) is 3.81.